The lowest BCUT2D eigenvalue weighted by Gasteiger charge is -2.26. The fraction of sp³-hybridized carbons (Fsp3) is 0.571. The summed E-state index contributed by atoms with van der Waals surface area (Å²) in [5, 5.41) is 0. The minimum Gasteiger partial charge on any atom is -0.379 e. The van der Waals surface area contributed by atoms with Crippen molar-refractivity contribution in [1.82, 2.24) is 4.90 Å². The molecule has 0 aromatic heterocycles. The van der Waals surface area contributed by atoms with Crippen molar-refractivity contribution in [2.24, 2.45) is 0 Å². The Bertz CT molecular complexity index is 361. The molecule has 1 aliphatic heterocycles. The topological polar surface area (TPSA) is 12.5 Å². The molecule has 0 aliphatic carbocycles. The number of morpholine rings is 1. The van der Waals surface area contributed by atoms with E-state index in [-0.39, 0.29) is 5.82 Å². The molecule has 0 atom stereocenters. The van der Waals surface area contributed by atoms with Crippen molar-refractivity contribution < 1.29 is 9.13 Å². The van der Waals surface area contributed by atoms with Gasteiger partial charge in [0.15, 0.2) is 0 Å². The first-order valence-corrected chi connectivity index (χ1v) is 6.31. The van der Waals surface area contributed by atoms with Gasteiger partial charge >= 0.3 is 0 Å². The lowest BCUT2D eigenvalue weighted by Crippen LogP contribution is -2.36. The number of hydrogen-bond donors (Lipinski definition) is 0. The van der Waals surface area contributed by atoms with Gasteiger partial charge in [-0.2, -0.15) is 0 Å². The molecular formula is C14H20FNO. The van der Waals surface area contributed by atoms with Gasteiger partial charge in [-0.1, -0.05) is 6.07 Å². The maximum Gasteiger partial charge on any atom is 0.123 e. The highest BCUT2D eigenvalue weighted by atomic mass is 19.1. The fourth-order valence-corrected chi connectivity index (χ4v) is 2.23. The van der Waals surface area contributed by atoms with E-state index in [1.165, 1.54) is 11.6 Å². The molecule has 2 nitrogen and oxygen atoms in total. The van der Waals surface area contributed by atoms with Crippen LogP contribution in [0.1, 0.15) is 17.5 Å². The van der Waals surface area contributed by atoms with E-state index in [0.717, 1.165) is 51.3 Å². The van der Waals surface area contributed by atoms with E-state index < -0.39 is 0 Å². The molecule has 94 valence electrons. The largest absolute Gasteiger partial charge is 0.379 e. The van der Waals surface area contributed by atoms with E-state index in [1.54, 1.807) is 6.07 Å². The van der Waals surface area contributed by atoms with Gasteiger partial charge in [-0.15, -0.1) is 0 Å². The van der Waals surface area contributed by atoms with Crippen LogP contribution in [0.5, 0.6) is 0 Å². The summed E-state index contributed by atoms with van der Waals surface area (Å²) in [7, 11) is 0. The SMILES string of the molecule is Cc1ccc(F)cc1CCCN1CCOCC1. The van der Waals surface area contributed by atoms with Crippen LogP contribution in [0.3, 0.4) is 0 Å². The average Bonchev–Trinajstić information content (AvgIpc) is 2.35. The number of aryl methyl sites for hydroxylation is 2. The Morgan fingerprint density at radius 2 is 2.06 bits per heavy atom. The standard InChI is InChI=1S/C14H20FNO/c1-12-4-5-14(15)11-13(12)3-2-6-16-7-9-17-10-8-16/h4-5,11H,2-3,6-10H2,1H3. The molecule has 1 saturated heterocycles. The molecule has 0 amide bonds. The fourth-order valence-electron chi connectivity index (χ4n) is 2.23. The number of rotatable bonds is 4. The minimum absolute atomic E-state index is 0.128. The molecule has 1 fully saturated rings. The predicted molar refractivity (Wildman–Crippen MR) is 66.7 cm³/mol. The third-order valence-electron chi connectivity index (χ3n) is 3.34. The molecule has 1 heterocycles. The molecule has 2 rings (SSSR count). The zero-order chi connectivity index (χ0) is 12.1. The third kappa shape index (κ3) is 3.79. The summed E-state index contributed by atoms with van der Waals surface area (Å²) >= 11 is 0. The summed E-state index contributed by atoms with van der Waals surface area (Å²) in [5.74, 6) is -0.128. The molecule has 1 aromatic carbocycles. The Labute approximate surface area is 102 Å². The van der Waals surface area contributed by atoms with Crippen molar-refractivity contribution in [2.45, 2.75) is 19.8 Å². The van der Waals surface area contributed by atoms with Crippen LogP contribution >= 0.6 is 0 Å². The second-order valence-electron chi connectivity index (χ2n) is 4.63. The third-order valence-corrected chi connectivity index (χ3v) is 3.34. The van der Waals surface area contributed by atoms with Crippen molar-refractivity contribution in [1.29, 1.82) is 0 Å². The quantitative estimate of drug-likeness (QED) is 0.797. The van der Waals surface area contributed by atoms with Gasteiger partial charge in [0, 0.05) is 13.1 Å². The van der Waals surface area contributed by atoms with Crippen LogP contribution in [0.25, 0.3) is 0 Å². The molecule has 0 unspecified atom stereocenters. The molecule has 0 saturated carbocycles. The Hall–Kier alpha value is -0.930. The van der Waals surface area contributed by atoms with E-state index in [2.05, 4.69) is 4.90 Å². The van der Waals surface area contributed by atoms with Crippen molar-refractivity contribution >= 4 is 0 Å². The van der Waals surface area contributed by atoms with Crippen molar-refractivity contribution in [3.8, 4) is 0 Å². The Kier molecular flexibility index (Phi) is 4.51. The van der Waals surface area contributed by atoms with Gasteiger partial charge in [-0.25, -0.2) is 4.39 Å². The van der Waals surface area contributed by atoms with E-state index in [1.807, 2.05) is 13.0 Å². The molecule has 1 aromatic rings. The lowest BCUT2D eigenvalue weighted by atomic mass is 10.0. The molecule has 0 spiro atoms. The zero-order valence-electron chi connectivity index (χ0n) is 10.4. The number of nitrogens with zero attached hydrogens (tertiary/aromatic N) is 1. The average molecular weight is 237 g/mol. The molecule has 3 heteroatoms. The molecule has 17 heavy (non-hydrogen) atoms. The van der Waals surface area contributed by atoms with E-state index in [4.69, 9.17) is 4.74 Å². The first kappa shape index (κ1) is 12.5. The van der Waals surface area contributed by atoms with Crippen molar-refractivity contribution in [3.63, 3.8) is 0 Å². The van der Waals surface area contributed by atoms with E-state index in [0.29, 0.717) is 0 Å². The first-order valence-electron chi connectivity index (χ1n) is 6.31. The molecular weight excluding hydrogens is 217 g/mol. The molecule has 1 aliphatic rings. The zero-order valence-corrected chi connectivity index (χ0v) is 10.4. The first-order chi connectivity index (χ1) is 8.25. The summed E-state index contributed by atoms with van der Waals surface area (Å²) in [6.45, 7) is 6.88. The molecule has 0 bridgehead atoms. The van der Waals surface area contributed by atoms with Crippen LogP contribution in [0.15, 0.2) is 18.2 Å². The minimum atomic E-state index is -0.128. The van der Waals surface area contributed by atoms with Gasteiger partial charge < -0.3 is 4.74 Å². The van der Waals surface area contributed by atoms with Gasteiger partial charge in [0.2, 0.25) is 0 Å². The number of hydrogen-bond acceptors (Lipinski definition) is 2. The highest BCUT2D eigenvalue weighted by Gasteiger charge is 2.09. The van der Waals surface area contributed by atoms with Gasteiger partial charge in [0.05, 0.1) is 13.2 Å². The number of ether oxygens (including phenoxy) is 1. The van der Waals surface area contributed by atoms with Gasteiger partial charge in [-0.3, -0.25) is 4.90 Å². The second kappa shape index (κ2) is 6.12. The molecule has 0 N–H and O–H groups in total. The van der Waals surface area contributed by atoms with Gasteiger partial charge in [0.1, 0.15) is 5.82 Å². The molecule has 0 radical (unpaired) electrons. The predicted octanol–water partition coefficient (Wildman–Crippen LogP) is 2.40. The van der Waals surface area contributed by atoms with Crippen LogP contribution in [-0.2, 0) is 11.2 Å². The van der Waals surface area contributed by atoms with Crippen LogP contribution in [0, 0.1) is 12.7 Å². The van der Waals surface area contributed by atoms with Crippen molar-refractivity contribution in [3.05, 3.63) is 35.1 Å². The second-order valence-corrected chi connectivity index (χ2v) is 4.63. The van der Waals surface area contributed by atoms with Gasteiger partial charge in [0.25, 0.3) is 0 Å². The number of benzene rings is 1. The smallest absolute Gasteiger partial charge is 0.123 e. The Morgan fingerprint density at radius 3 is 2.82 bits per heavy atom. The summed E-state index contributed by atoms with van der Waals surface area (Å²) in [5.41, 5.74) is 2.33. The van der Waals surface area contributed by atoms with E-state index >= 15 is 0 Å². The summed E-state index contributed by atoms with van der Waals surface area (Å²) in [6, 6.07) is 5.05. The van der Waals surface area contributed by atoms with Crippen LogP contribution in [0.4, 0.5) is 4.39 Å². The highest BCUT2D eigenvalue weighted by molar-refractivity contribution is 5.26. The number of halogens is 1. The summed E-state index contributed by atoms with van der Waals surface area (Å²) in [6.07, 6.45) is 2.05. The summed E-state index contributed by atoms with van der Waals surface area (Å²) < 4.78 is 18.4. The van der Waals surface area contributed by atoms with Crippen molar-refractivity contribution in [2.75, 3.05) is 32.8 Å². The highest BCUT2D eigenvalue weighted by Crippen LogP contribution is 2.12. The maximum absolute atomic E-state index is 13.1. The van der Waals surface area contributed by atoms with Crippen LogP contribution < -0.4 is 0 Å². The Morgan fingerprint density at radius 1 is 1.29 bits per heavy atom. The lowest BCUT2D eigenvalue weighted by molar-refractivity contribution is 0.0374. The van der Waals surface area contributed by atoms with Gasteiger partial charge in [-0.05, 0) is 49.6 Å². The van der Waals surface area contributed by atoms with Crippen LogP contribution in [0.2, 0.25) is 0 Å². The monoisotopic (exact) mass is 237 g/mol. The Balaban J connectivity index is 1.79. The van der Waals surface area contributed by atoms with Crippen LogP contribution in [-0.4, -0.2) is 37.7 Å². The normalized spacial score (nSPS) is 17.3. The summed E-state index contributed by atoms with van der Waals surface area (Å²) in [4.78, 5) is 2.41. The maximum atomic E-state index is 13.1. The van der Waals surface area contributed by atoms with E-state index in [9.17, 15) is 4.39 Å².